The fraction of sp³-hybridized carbons (Fsp3) is 0.348. The highest BCUT2D eigenvalue weighted by Gasteiger charge is 2.22. The third kappa shape index (κ3) is 5.02. The second-order valence-corrected chi connectivity index (χ2v) is 8.43. The summed E-state index contributed by atoms with van der Waals surface area (Å²) in [4.78, 5) is 20.7. The summed E-state index contributed by atoms with van der Waals surface area (Å²) >= 11 is 0. The predicted octanol–water partition coefficient (Wildman–Crippen LogP) is 4.90. The summed E-state index contributed by atoms with van der Waals surface area (Å²) in [7, 11) is 0. The van der Waals surface area contributed by atoms with Crippen LogP contribution in [-0.4, -0.2) is 27.7 Å². The summed E-state index contributed by atoms with van der Waals surface area (Å²) in [6.45, 7) is 5.96. The van der Waals surface area contributed by atoms with Crippen molar-refractivity contribution in [2.45, 2.75) is 51.8 Å². The first-order chi connectivity index (χ1) is 13.9. The summed E-state index contributed by atoms with van der Waals surface area (Å²) in [6, 6.07) is 14.9. The monoisotopic (exact) mass is 390 g/mol. The van der Waals surface area contributed by atoms with Gasteiger partial charge in [0.05, 0.1) is 5.52 Å². The zero-order valence-corrected chi connectivity index (χ0v) is 17.0. The first kappa shape index (κ1) is 19.2. The Hall–Kier alpha value is -3.15. The third-order valence-corrected chi connectivity index (χ3v) is 4.65. The van der Waals surface area contributed by atoms with Crippen molar-refractivity contribution >= 4 is 22.8 Å². The third-order valence-electron chi connectivity index (χ3n) is 4.65. The lowest BCUT2D eigenvalue weighted by Gasteiger charge is -2.19. The summed E-state index contributed by atoms with van der Waals surface area (Å²) in [5, 5.41) is 7.32. The molecule has 0 atom stereocenters. The lowest BCUT2D eigenvalue weighted by molar-refractivity contribution is 0.0523. The number of hydrogen-bond acceptors (Lipinski definition) is 5. The Morgan fingerprint density at radius 1 is 1.10 bits per heavy atom. The van der Waals surface area contributed by atoms with Crippen LogP contribution < -0.4 is 10.6 Å². The van der Waals surface area contributed by atoms with Crippen LogP contribution >= 0.6 is 0 Å². The van der Waals surface area contributed by atoms with Gasteiger partial charge in [-0.05, 0) is 68.5 Å². The van der Waals surface area contributed by atoms with E-state index in [9.17, 15) is 4.79 Å². The molecule has 3 aromatic rings. The van der Waals surface area contributed by atoms with Crippen molar-refractivity contribution in [3.63, 3.8) is 0 Å². The molecule has 0 spiro atoms. The number of ether oxygens (including phenoxy) is 1. The van der Waals surface area contributed by atoms with Gasteiger partial charge in [-0.15, -0.1) is 0 Å². The lowest BCUT2D eigenvalue weighted by Crippen LogP contribution is -2.32. The van der Waals surface area contributed by atoms with Gasteiger partial charge in [0.25, 0.3) is 0 Å². The Bertz CT molecular complexity index is 1040. The van der Waals surface area contributed by atoms with Crippen LogP contribution in [0.5, 0.6) is 0 Å². The number of carbonyl (C=O) groups excluding carboxylic acids is 1. The molecular weight excluding hydrogens is 364 g/mol. The second kappa shape index (κ2) is 7.70. The van der Waals surface area contributed by atoms with Crippen molar-refractivity contribution in [2.24, 2.45) is 0 Å². The number of benzene rings is 2. The van der Waals surface area contributed by atoms with Crippen LogP contribution in [0.4, 0.5) is 10.6 Å². The van der Waals surface area contributed by atoms with E-state index in [2.05, 4.69) is 44.9 Å². The maximum absolute atomic E-state index is 11.9. The Balaban J connectivity index is 1.54. The number of nitrogens with one attached hydrogen (secondary N) is 2. The fourth-order valence-corrected chi connectivity index (χ4v) is 3.12. The summed E-state index contributed by atoms with van der Waals surface area (Å²) in [5.41, 5.74) is 3.59. The van der Waals surface area contributed by atoms with E-state index in [0.29, 0.717) is 12.6 Å². The molecule has 1 aliphatic rings. The molecule has 0 unspecified atom stereocenters. The smallest absolute Gasteiger partial charge is 0.407 e. The van der Waals surface area contributed by atoms with E-state index in [0.717, 1.165) is 33.4 Å². The lowest BCUT2D eigenvalue weighted by atomic mass is 10.0. The number of hydrogen-bond donors (Lipinski definition) is 2. The molecule has 6 nitrogen and oxygen atoms in total. The number of carbonyl (C=O) groups is 1. The van der Waals surface area contributed by atoms with Gasteiger partial charge in [0.1, 0.15) is 17.7 Å². The van der Waals surface area contributed by atoms with Crippen molar-refractivity contribution < 1.29 is 9.53 Å². The molecule has 0 saturated heterocycles. The molecule has 1 fully saturated rings. The van der Waals surface area contributed by atoms with Crippen LogP contribution in [0.3, 0.4) is 0 Å². The molecule has 2 N–H and O–H groups in total. The molecule has 1 saturated carbocycles. The second-order valence-electron chi connectivity index (χ2n) is 8.43. The van der Waals surface area contributed by atoms with E-state index in [1.807, 2.05) is 39.0 Å². The first-order valence-corrected chi connectivity index (χ1v) is 9.95. The Morgan fingerprint density at radius 3 is 2.66 bits per heavy atom. The molecule has 150 valence electrons. The topological polar surface area (TPSA) is 76.1 Å². The SMILES string of the molecule is CC(C)(C)OC(=O)NCc1cccc(-c2ccc3ncnc(NC4CC4)c3c2)c1. The molecule has 1 amide bonds. The maximum Gasteiger partial charge on any atom is 0.407 e. The van der Waals surface area contributed by atoms with Gasteiger partial charge in [-0.3, -0.25) is 0 Å². The van der Waals surface area contributed by atoms with Crippen LogP contribution in [0, 0.1) is 0 Å². The summed E-state index contributed by atoms with van der Waals surface area (Å²) in [5.74, 6) is 0.891. The zero-order chi connectivity index (χ0) is 20.4. The van der Waals surface area contributed by atoms with E-state index >= 15 is 0 Å². The van der Waals surface area contributed by atoms with Gasteiger partial charge in [0, 0.05) is 18.0 Å². The molecule has 1 aliphatic carbocycles. The summed E-state index contributed by atoms with van der Waals surface area (Å²) in [6.07, 6.45) is 3.58. The van der Waals surface area contributed by atoms with Crippen molar-refractivity contribution in [3.8, 4) is 11.1 Å². The number of alkyl carbamates (subject to hydrolysis) is 1. The van der Waals surface area contributed by atoms with Gasteiger partial charge < -0.3 is 15.4 Å². The van der Waals surface area contributed by atoms with E-state index in [1.165, 1.54) is 12.8 Å². The minimum atomic E-state index is -0.509. The number of nitrogens with zero attached hydrogens (tertiary/aromatic N) is 2. The fourth-order valence-electron chi connectivity index (χ4n) is 3.12. The van der Waals surface area contributed by atoms with Gasteiger partial charge in [0.15, 0.2) is 0 Å². The number of rotatable bonds is 5. The highest BCUT2D eigenvalue weighted by Crippen LogP contribution is 2.30. The van der Waals surface area contributed by atoms with Gasteiger partial charge >= 0.3 is 6.09 Å². The van der Waals surface area contributed by atoms with E-state index in [4.69, 9.17) is 4.74 Å². The standard InChI is InChI=1S/C23H26N4O2/c1-23(2,3)29-22(28)24-13-15-5-4-6-16(11-15)17-7-10-20-19(12-17)21(26-14-25-20)27-18-8-9-18/h4-7,10-12,14,18H,8-9,13H2,1-3H3,(H,24,28)(H,25,26,27). The average molecular weight is 390 g/mol. The molecule has 0 aliphatic heterocycles. The van der Waals surface area contributed by atoms with Crippen LogP contribution in [0.1, 0.15) is 39.2 Å². The average Bonchev–Trinajstić information content (AvgIpc) is 3.49. The predicted molar refractivity (Wildman–Crippen MR) is 115 cm³/mol. The molecule has 0 bridgehead atoms. The van der Waals surface area contributed by atoms with Gasteiger partial charge in [-0.2, -0.15) is 0 Å². The van der Waals surface area contributed by atoms with Crippen LogP contribution in [-0.2, 0) is 11.3 Å². The van der Waals surface area contributed by atoms with E-state index in [-0.39, 0.29) is 0 Å². The van der Waals surface area contributed by atoms with E-state index < -0.39 is 11.7 Å². The van der Waals surface area contributed by atoms with Gasteiger partial charge in [-0.25, -0.2) is 14.8 Å². The zero-order valence-electron chi connectivity index (χ0n) is 17.0. The number of anilines is 1. The molecule has 2 aromatic carbocycles. The minimum absolute atomic E-state index is 0.411. The number of fused-ring (bicyclic) bond motifs is 1. The highest BCUT2D eigenvalue weighted by molar-refractivity contribution is 5.92. The quantitative estimate of drug-likeness (QED) is 0.648. The van der Waals surface area contributed by atoms with Crippen LogP contribution in [0.2, 0.25) is 0 Å². The molecule has 1 aromatic heterocycles. The van der Waals surface area contributed by atoms with E-state index in [1.54, 1.807) is 6.33 Å². The largest absolute Gasteiger partial charge is 0.444 e. The molecule has 4 rings (SSSR count). The Morgan fingerprint density at radius 2 is 1.90 bits per heavy atom. The normalized spacial score (nSPS) is 13.9. The molecule has 29 heavy (non-hydrogen) atoms. The molecular formula is C23H26N4O2. The molecule has 1 heterocycles. The van der Waals surface area contributed by atoms with Gasteiger partial charge in [-0.1, -0.05) is 24.3 Å². The Kier molecular flexibility index (Phi) is 5.09. The molecule has 6 heteroatoms. The summed E-state index contributed by atoms with van der Waals surface area (Å²) < 4.78 is 5.30. The van der Waals surface area contributed by atoms with Crippen molar-refractivity contribution in [1.82, 2.24) is 15.3 Å². The maximum atomic E-state index is 11.9. The number of amides is 1. The van der Waals surface area contributed by atoms with Gasteiger partial charge in [0.2, 0.25) is 0 Å². The van der Waals surface area contributed by atoms with Crippen molar-refractivity contribution in [3.05, 3.63) is 54.4 Å². The van der Waals surface area contributed by atoms with Crippen LogP contribution in [0.25, 0.3) is 22.0 Å². The minimum Gasteiger partial charge on any atom is -0.444 e. The van der Waals surface area contributed by atoms with Crippen molar-refractivity contribution in [2.75, 3.05) is 5.32 Å². The molecule has 0 radical (unpaired) electrons. The van der Waals surface area contributed by atoms with Crippen LogP contribution in [0.15, 0.2) is 48.8 Å². The number of aromatic nitrogens is 2. The highest BCUT2D eigenvalue weighted by atomic mass is 16.6. The Labute approximate surface area is 170 Å². The first-order valence-electron chi connectivity index (χ1n) is 9.95. The van der Waals surface area contributed by atoms with Crippen molar-refractivity contribution in [1.29, 1.82) is 0 Å².